The molecule has 26 heavy (non-hydrogen) atoms. The number of carbonyl (C=O) groups excluding carboxylic acids is 1. The number of carbonyl (C=O) groups is 2. The topological polar surface area (TPSA) is 88.5 Å². The van der Waals surface area contributed by atoms with Crippen LogP contribution in [0.3, 0.4) is 0 Å². The zero-order valence-corrected chi connectivity index (χ0v) is 14.4. The molecular formula is C20H20N2O4. The molecule has 0 spiro atoms. The first kappa shape index (κ1) is 17.7. The molecule has 2 N–H and O–H groups in total. The van der Waals surface area contributed by atoms with Gasteiger partial charge in [-0.25, -0.2) is 0 Å². The SMILES string of the molecule is Cc1cc(NC(=O)[C@@H]2CC=CC[C@@H]2C(=O)O)ccc1Oc1cccnc1. The number of nitrogens with one attached hydrogen (secondary N) is 1. The Morgan fingerprint density at radius 2 is 1.96 bits per heavy atom. The molecule has 134 valence electrons. The Hall–Kier alpha value is -3.15. The lowest BCUT2D eigenvalue weighted by Crippen LogP contribution is -2.34. The van der Waals surface area contributed by atoms with Gasteiger partial charge >= 0.3 is 5.97 Å². The van der Waals surface area contributed by atoms with Gasteiger partial charge in [-0.05, 0) is 55.7 Å². The average Bonchev–Trinajstić information content (AvgIpc) is 2.65. The first-order valence-corrected chi connectivity index (χ1v) is 8.42. The maximum Gasteiger partial charge on any atom is 0.307 e. The molecule has 0 aliphatic heterocycles. The third kappa shape index (κ3) is 4.08. The number of aryl methyl sites for hydroxylation is 1. The number of benzene rings is 1. The molecule has 6 nitrogen and oxygen atoms in total. The summed E-state index contributed by atoms with van der Waals surface area (Å²) in [6.45, 7) is 1.88. The van der Waals surface area contributed by atoms with Crippen LogP contribution in [0.5, 0.6) is 11.5 Å². The van der Waals surface area contributed by atoms with Gasteiger partial charge in [0.05, 0.1) is 18.0 Å². The number of hydrogen-bond donors (Lipinski definition) is 2. The highest BCUT2D eigenvalue weighted by Crippen LogP contribution is 2.29. The zero-order valence-electron chi connectivity index (χ0n) is 14.4. The Kier molecular flexibility index (Phi) is 5.31. The van der Waals surface area contributed by atoms with E-state index in [1.165, 1.54) is 0 Å². The van der Waals surface area contributed by atoms with Crippen molar-refractivity contribution < 1.29 is 19.4 Å². The molecule has 1 amide bonds. The monoisotopic (exact) mass is 352 g/mol. The highest BCUT2D eigenvalue weighted by Gasteiger charge is 2.33. The second kappa shape index (κ2) is 7.82. The fourth-order valence-electron chi connectivity index (χ4n) is 2.99. The quantitative estimate of drug-likeness (QED) is 0.799. The van der Waals surface area contributed by atoms with Crippen LogP contribution in [0.4, 0.5) is 5.69 Å². The van der Waals surface area contributed by atoms with Crippen molar-refractivity contribution in [3.05, 3.63) is 60.4 Å². The predicted octanol–water partition coefficient (Wildman–Crippen LogP) is 3.79. The van der Waals surface area contributed by atoms with Crippen molar-refractivity contribution in [1.29, 1.82) is 0 Å². The fourth-order valence-corrected chi connectivity index (χ4v) is 2.99. The van der Waals surface area contributed by atoms with Crippen LogP contribution in [-0.2, 0) is 9.59 Å². The van der Waals surface area contributed by atoms with Gasteiger partial charge in [0.2, 0.25) is 5.91 Å². The van der Waals surface area contributed by atoms with E-state index in [4.69, 9.17) is 4.74 Å². The molecule has 0 saturated carbocycles. The molecule has 0 bridgehead atoms. The number of aromatic nitrogens is 1. The summed E-state index contributed by atoms with van der Waals surface area (Å²) >= 11 is 0. The van der Waals surface area contributed by atoms with E-state index in [0.717, 1.165) is 5.56 Å². The molecule has 0 saturated heterocycles. The normalized spacial score (nSPS) is 19.0. The van der Waals surface area contributed by atoms with Crippen molar-refractivity contribution in [2.45, 2.75) is 19.8 Å². The number of amides is 1. The third-order valence-electron chi connectivity index (χ3n) is 4.39. The molecule has 1 heterocycles. The number of nitrogens with zero attached hydrogens (tertiary/aromatic N) is 1. The number of aliphatic carboxylic acids is 1. The molecule has 3 rings (SSSR count). The second-order valence-electron chi connectivity index (χ2n) is 6.25. The molecule has 1 aliphatic carbocycles. The van der Waals surface area contributed by atoms with Crippen LogP contribution in [0.1, 0.15) is 18.4 Å². The summed E-state index contributed by atoms with van der Waals surface area (Å²) in [7, 11) is 0. The number of ether oxygens (including phenoxy) is 1. The van der Waals surface area contributed by atoms with E-state index in [-0.39, 0.29) is 5.91 Å². The minimum absolute atomic E-state index is 0.276. The van der Waals surface area contributed by atoms with E-state index in [0.29, 0.717) is 30.0 Å². The van der Waals surface area contributed by atoms with Gasteiger partial charge in [0, 0.05) is 11.9 Å². The molecule has 6 heteroatoms. The summed E-state index contributed by atoms with van der Waals surface area (Å²) < 4.78 is 5.77. The number of pyridine rings is 1. The molecular weight excluding hydrogens is 332 g/mol. The first-order chi connectivity index (χ1) is 12.5. The number of hydrogen-bond acceptors (Lipinski definition) is 4. The van der Waals surface area contributed by atoms with E-state index in [2.05, 4.69) is 10.3 Å². The van der Waals surface area contributed by atoms with Crippen LogP contribution in [0, 0.1) is 18.8 Å². The average molecular weight is 352 g/mol. The van der Waals surface area contributed by atoms with Gasteiger partial charge in [0.25, 0.3) is 0 Å². The number of carboxylic acids is 1. The van der Waals surface area contributed by atoms with E-state index in [1.54, 1.807) is 36.7 Å². The summed E-state index contributed by atoms with van der Waals surface area (Å²) in [5.41, 5.74) is 1.47. The number of carboxylic acid groups (broad SMARTS) is 1. The van der Waals surface area contributed by atoms with Crippen molar-refractivity contribution in [3.8, 4) is 11.5 Å². The summed E-state index contributed by atoms with van der Waals surface area (Å²) in [5.74, 6) is -1.17. The highest BCUT2D eigenvalue weighted by atomic mass is 16.5. The van der Waals surface area contributed by atoms with Crippen LogP contribution in [-0.4, -0.2) is 22.0 Å². The van der Waals surface area contributed by atoms with Gasteiger partial charge in [-0.3, -0.25) is 14.6 Å². The third-order valence-corrected chi connectivity index (χ3v) is 4.39. The lowest BCUT2D eigenvalue weighted by Gasteiger charge is -2.24. The van der Waals surface area contributed by atoms with Crippen LogP contribution < -0.4 is 10.1 Å². The van der Waals surface area contributed by atoms with Crippen molar-refractivity contribution >= 4 is 17.6 Å². The minimum Gasteiger partial charge on any atom is -0.481 e. The molecule has 1 aromatic heterocycles. The Labute approximate surface area is 151 Å². The van der Waals surface area contributed by atoms with E-state index in [1.807, 2.05) is 25.1 Å². The van der Waals surface area contributed by atoms with Gasteiger partial charge in [-0.15, -0.1) is 0 Å². The maximum atomic E-state index is 12.5. The van der Waals surface area contributed by atoms with E-state index in [9.17, 15) is 14.7 Å². The summed E-state index contributed by atoms with van der Waals surface area (Å²) in [6.07, 6.45) is 7.78. The van der Waals surface area contributed by atoms with Crippen molar-refractivity contribution in [2.24, 2.45) is 11.8 Å². The van der Waals surface area contributed by atoms with Crippen LogP contribution in [0.15, 0.2) is 54.9 Å². The number of rotatable bonds is 5. The minimum atomic E-state index is -0.939. The predicted molar refractivity (Wildman–Crippen MR) is 97.1 cm³/mol. The Morgan fingerprint density at radius 1 is 1.19 bits per heavy atom. The molecule has 2 aromatic rings. The second-order valence-corrected chi connectivity index (χ2v) is 6.25. The van der Waals surface area contributed by atoms with Gasteiger partial charge in [0.1, 0.15) is 11.5 Å². The Bertz CT molecular complexity index is 833. The first-order valence-electron chi connectivity index (χ1n) is 8.42. The van der Waals surface area contributed by atoms with Crippen LogP contribution in [0.2, 0.25) is 0 Å². The Balaban J connectivity index is 1.70. The largest absolute Gasteiger partial charge is 0.481 e. The van der Waals surface area contributed by atoms with Crippen LogP contribution in [0.25, 0.3) is 0 Å². The molecule has 1 aliphatic rings. The summed E-state index contributed by atoms with van der Waals surface area (Å²) in [4.78, 5) is 27.9. The lowest BCUT2D eigenvalue weighted by molar-refractivity contribution is -0.146. The fraction of sp³-hybridized carbons (Fsp3) is 0.250. The number of allylic oxidation sites excluding steroid dienone is 2. The molecule has 0 radical (unpaired) electrons. The highest BCUT2D eigenvalue weighted by molar-refractivity contribution is 5.95. The van der Waals surface area contributed by atoms with E-state index >= 15 is 0 Å². The summed E-state index contributed by atoms with van der Waals surface area (Å²) in [6, 6.07) is 8.91. The molecule has 0 unspecified atom stereocenters. The number of anilines is 1. The molecule has 2 atom stereocenters. The van der Waals surface area contributed by atoms with Crippen molar-refractivity contribution in [1.82, 2.24) is 4.98 Å². The maximum absolute atomic E-state index is 12.5. The van der Waals surface area contributed by atoms with Gasteiger partial charge in [0.15, 0.2) is 0 Å². The van der Waals surface area contributed by atoms with Gasteiger partial charge < -0.3 is 15.2 Å². The lowest BCUT2D eigenvalue weighted by atomic mass is 9.82. The van der Waals surface area contributed by atoms with Crippen molar-refractivity contribution in [2.75, 3.05) is 5.32 Å². The summed E-state index contributed by atoms with van der Waals surface area (Å²) in [5, 5.41) is 12.1. The Morgan fingerprint density at radius 3 is 2.62 bits per heavy atom. The molecule has 0 fully saturated rings. The molecule has 1 aromatic carbocycles. The van der Waals surface area contributed by atoms with Crippen LogP contribution >= 0.6 is 0 Å². The van der Waals surface area contributed by atoms with E-state index < -0.39 is 17.8 Å². The zero-order chi connectivity index (χ0) is 18.5. The smallest absolute Gasteiger partial charge is 0.307 e. The van der Waals surface area contributed by atoms with Gasteiger partial charge in [-0.1, -0.05) is 12.2 Å². The van der Waals surface area contributed by atoms with Gasteiger partial charge in [-0.2, -0.15) is 0 Å². The van der Waals surface area contributed by atoms with Crippen molar-refractivity contribution in [3.63, 3.8) is 0 Å². The standard InChI is InChI=1S/C20H20N2O4/c1-13-11-14(8-9-18(13)26-15-5-4-10-21-12-15)22-19(23)16-6-2-3-7-17(16)20(24)25/h2-5,8-12,16-17H,6-7H2,1H3,(H,22,23)(H,24,25)/t16-,17+/m1/s1.